The van der Waals surface area contributed by atoms with Crippen molar-refractivity contribution < 1.29 is 0 Å². The molecule has 0 aromatic carbocycles. The van der Waals surface area contributed by atoms with Gasteiger partial charge in [-0.3, -0.25) is 0 Å². The molecular weight excluding hydrogens is 212 g/mol. The van der Waals surface area contributed by atoms with E-state index < -0.39 is 0 Å². The molecule has 0 amide bonds. The Hall–Kier alpha value is 0.750. The molecule has 1 rings (SSSR count). The molecule has 0 bridgehead atoms. The fourth-order valence-corrected chi connectivity index (χ4v) is 5.00. The summed E-state index contributed by atoms with van der Waals surface area (Å²) in [5.41, 5.74) is 0. The van der Waals surface area contributed by atoms with Crippen LogP contribution in [0.3, 0.4) is 0 Å². The van der Waals surface area contributed by atoms with Gasteiger partial charge in [-0.25, -0.2) is 0 Å². The van der Waals surface area contributed by atoms with Crippen LogP contribution >= 0.6 is 46.6 Å². The van der Waals surface area contributed by atoms with Crippen molar-refractivity contribution in [1.82, 2.24) is 0 Å². The van der Waals surface area contributed by atoms with E-state index in [0.717, 1.165) is 0 Å². The minimum atomic E-state index is 1.42. The van der Waals surface area contributed by atoms with Gasteiger partial charge in [0.2, 0.25) is 0 Å². The molecule has 11 heavy (non-hydrogen) atoms. The van der Waals surface area contributed by atoms with Gasteiger partial charge in [-0.2, -0.15) is 0 Å². The van der Waals surface area contributed by atoms with Gasteiger partial charge in [-0.15, -0.1) is 46.6 Å². The zero-order chi connectivity index (χ0) is 8.27. The molecule has 0 radical (unpaired) electrons. The first-order valence-corrected chi connectivity index (χ1v) is 7.62. The van der Waals surface area contributed by atoms with Gasteiger partial charge in [-0.1, -0.05) is 0 Å². The molecular formula is C7H10S4. The summed E-state index contributed by atoms with van der Waals surface area (Å²) in [5.74, 6) is 0. The molecule has 0 nitrogen and oxygen atoms in total. The Balaban J connectivity index is 2.99. The molecule has 0 N–H and O–H groups in total. The third-order valence-corrected chi connectivity index (χ3v) is 5.56. The number of hydrogen-bond acceptors (Lipinski definition) is 4. The van der Waals surface area contributed by atoms with Gasteiger partial charge < -0.3 is 0 Å². The Kier molecular flexibility index (Phi) is 4.20. The summed E-state index contributed by atoms with van der Waals surface area (Å²) in [4.78, 5) is 2.88. The molecule has 0 atom stereocenters. The molecule has 1 aromatic heterocycles. The number of rotatable bonds is 3. The second kappa shape index (κ2) is 4.70. The van der Waals surface area contributed by atoms with E-state index in [0.29, 0.717) is 0 Å². The molecule has 62 valence electrons. The fourth-order valence-electron chi connectivity index (χ4n) is 0.780. The van der Waals surface area contributed by atoms with E-state index in [1.807, 2.05) is 46.6 Å². The first-order valence-electron chi connectivity index (χ1n) is 3.07. The highest BCUT2D eigenvalue weighted by Gasteiger charge is 2.08. The predicted octanol–water partition coefficient (Wildman–Crippen LogP) is 3.91. The van der Waals surface area contributed by atoms with Gasteiger partial charge in [0, 0.05) is 15.2 Å². The fraction of sp³-hybridized carbons (Fsp3) is 0.429. The number of hydrogen-bond donors (Lipinski definition) is 0. The maximum absolute atomic E-state index is 2.24. The zero-order valence-corrected chi connectivity index (χ0v) is 9.98. The summed E-state index contributed by atoms with van der Waals surface area (Å²) in [6, 6.07) is 0. The van der Waals surface area contributed by atoms with Crippen molar-refractivity contribution in [2.45, 2.75) is 14.0 Å². The Bertz CT molecular complexity index is 207. The van der Waals surface area contributed by atoms with Crippen LogP contribution in [0.4, 0.5) is 0 Å². The van der Waals surface area contributed by atoms with Crippen molar-refractivity contribution >= 4 is 46.6 Å². The lowest BCUT2D eigenvalue weighted by molar-refractivity contribution is 1.24. The van der Waals surface area contributed by atoms with Crippen LogP contribution < -0.4 is 0 Å². The second-order valence-corrected chi connectivity index (χ2v) is 5.45. The number of thiophene rings is 1. The molecule has 0 aliphatic rings. The minimum absolute atomic E-state index is 1.42. The average Bonchev–Trinajstić information content (AvgIpc) is 2.45. The quantitative estimate of drug-likeness (QED) is 0.712. The van der Waals surface area contributed by atoms with Crippen LogP contribution in [0.25, 0.3) is 0 Å². The van der Waals surface area contributed by atoms with Gasteiger partial charge in [0.25, 0.3) is 0 Å². The second-order valence-electron chi connectivity index (χ2n) is 1.83. The maximum atomic E-state index is 2.24. The molecule has 1 heterocycles. The normalized spacial score (nSPS) is 10.5. The third kappa shape index (κ3) is 2.11. The molecule has 0 spiro atoms. The highest BCUT2D eigenvalue weighted by atomic mass is 32.2. The molecule has 4 heteroatoms. The summed E-state index contributed by atoms with van der Waals surface area (Å²) < 4.78 is 1.45. The highest BCUT2D eigenvalue weighted by Crippen LogP contribution is 2.40. The van der Waals surface area contributed by atoms with E-state index in [9.17, 15) is 0 Å². The van der Waals surface area contributed by atoms with Gasteiger partial charge in [0.05, 0.1) is 4.21 Å². The zero-order valence-electron chi connectivity index (χ0n) is 6.71. The Labute approximate surface area is 84.5 Å². The van der Waals surface area contributed by atoms with Gasteiger partial charge >= 0.3 is 0 Å². The lowest BCUT2D eigenvalue weighted by atomic mass is 10.6. The van der Waals surface area contributed by atoms with Crippen molar-refractivity contribution in [1.29, 1.82) is 0 Å². The standard InChI is InChI=1S/C7H10S4/c1-8-5-4-11-7(10-3)6(5)9-2/h4H,1-3H3. The SMILES string of the molecule is CSc1csc(SC)c1SC. The third-order valence-electron chi connectivity index (χ3n) is 1.29. The van der Waals surface area contributed by atoms with Crippen molar-refractivity contribution in [2.24, 2.45) is 0 Å². The first kappa shape index (κ1) is 9.84. The average molecular weight is 222 g/mol. The summed E-state index contributed by atoms with van der Waals surface area (Å²) in [7, 11) is 0. The van der Waals surface area contributed by atoms with Crippen LogP contribution in [0.15, 0.2) is 19.4 Å². The molecule has 0 fully saturated rings. The van der Waals surface area contributed by atoms with Crippen molar-refractivity contribution in [3.8, 4) is 0 Å². The molecule has 0 aliphatic carbocycles. The molecule has 0 saturated heterocycles. The first-order chi connectivity index (χ1) is 5.33. The van der Waals surface area contributed by atoms with Crippen LogP contribution in [0, 0.1) is 0 Å². The van der Waals surface area contributed by atoms with E-state index in [1.165, 1.54) is 14.0 Å². The maximum Gasteiger partial charge on any atom is 0.0743 e. The van der Waals surface area contributed by atoms with Crippen molar-refractivity contribution in [3.63, 3.8) is 0 Å². The summed E-state index contributed by atoms with van der Waals surface area (Å²) in [5, 5.41) is 2.24. The Morgan fingerprint density at radius 1 is 1.09 bits per heavy atom. The Morgan fingerprint density at radius 3 is 2.27 bits per heavy atom. The molecule has 0 saturated carbocycles. The predicted molar refractivity (Wildman–Crippen MR) is 59.7 cm³/mol. The van der Waals surface area contributed by atoms with Crippen molar-refractivity contribution in [2.75, 3.05) is 18.8 Å². The van der Waals surface area contributed by atoms with E-state index in [1.54, 1.807) is 0 Å². The summed E-state index contributed by atoms with van der Waals surface area (Å²) >= 11 is 7.37. The lowest BCUT2D eigenvalue weighted by Crippen LogP contribution is -1.69. The smallest absolute Gasteiger partial charge is 0.0743 e. The van der Waals surface area contributed by atoms with E-state index in [-0.39, 0.29) is 0 Å². The molecule has 0 aliphatic heterocycles. The summed E-state index contributed by atoms with van der Waals surface area (Å²) in [6.45, 7) is 0. The summed E-state index contributed by atoms with van der Waals surface area (Å²) in [6.07, 6.45) is 6.41. The molecule has 0 unspecified atom stereocenters. The largest absolute Gasteiger partial charge is 0.135 e. The van der Waals surface area contributed by atoms with Crippen LogP contribution in [0.5, 0.6) is 0 Å². The highest BCUT2D eigenvalue weighted by molar-refractivity contribution is 8.04. The van der Waals surface area contributed by atoms with E-state index in [2.05, 4.69) is 24.1 Å². The van der Waals surface area contributed by atoms with Crippen LogP contribution in [-0.4, -0.2) is 18.8 Å². The number of thioether (sulfide) groups is 3. The van der Waals surface area contributed by atoms with E-state index >= 15 is 0 Å². The monoisotopic (exact) mass is 222 g/mol. The van der Waals surface area contributed by atoms with Gasteiger partial charge in [0.15, 0.2) is 0 Å². The van der Waals surface area contributed by atoms with Crippen LogP contribution in [-0.2, 0) is 0 Å². The Morgan fingerprint density at radius 2 is 1.82 bits per heavy atom. The van der Waals surface area contributed by atoms with Gasteiger partial charge in [-0.05, 0) is 18.8 Å². The van der Waals surface area contributed by atoms with E-state index in [4.69, 9.17) is 0 Å². The topological polar surface area (TPSA) is 0 Å². The lowest BCUT2D eigenvalue weighted by Gasteiger charge is -1.98. The van der Waals surface area contributed by atoms with Crippen LogP contribution in [0.1, 0.15) is 0 Å². The van der Waals surface area contributed by atoms with Crippen LogP contribution in [0.2, 0.25) is 0 Å². The van der Waals surface area contributed by atoms with Gasteiger partial charge in [0.1, 0.15) is 0 Å². The minimum Gasteiger partial charge on any atom is -0.135 e. The van der Waals surface area contributed by atoms with Crippen molar-refractivity contribution in [3.05, 3.63) is 5.38 Å². The molecule has 1 aromatic rings.